The van der Waals surface area contributed by atoms with Gasteiger partial charge in [0.15, 0.2) is 6.61 Å². The molecular weight excluding hydrogens is 515 g/mol. The Kier molecular flexibility index (Phi) is 10.3. The Morgan fingerprint density at radius 3 is 2.34 bits per heavy atom. The predicted molar refractivity (Wildman–Crippen MR) is 134 cm³/mol. The number of ether oxygens (including phenoxy) is 1. The first-order valence-electron chi connectivity index (χ1n) is 10.6. The standard InChI is InChI=1S/C24H29BrCl2N2O3/c1-5-9-28-24(31)21(6-2)29(13-17-7-8-18(26)12-20(17)27)22(30)14-32-19-10-15(3)23(25)16(4)11-19/h7-8,10-12,21H,5-6,9,13-14H2,1-4H3,(H,28,31)/t21-/m1/s1. The second kappa shape index (κ2) is 12.5. The van der Waals surface area contributed by atoms with Gasteiger partial charge in [0.1, 0.15) is 11.8 Å². The zero-order valence-corrected chi connectivity index (χ0v) is 21.9. The quantitative estimate of drug-likeness (QED) is 0.394. The predicted octanol–water partition coefficient (Wildman–Crippen LogP) is 6.09. The van der Waals surface area contributed by atoms with Gasteiger partial charge in [-0.05, 0) is 67.6 Å². The molecule has 1 N–H and O–H groups in total. The largest absolute Gasteiger partial charge is 0.484 e. The van der Waals surface area contributed by atoms with Crippen molar-refractivity contribution in [2.75, 3.05) is 13.2 Å². The number of hydrogen-bond acceptors (Lipinski definition) is 3. The number of hydrogen-bond donors (Lipinski definition) is 1. The Bertz CT molecular complexity index is 945. The number of nitrogens with zero attached hydrogens (tertiary/aromatic N) is 1. The topological polar surface area (TPSA) is 58.6 Å². The van der Waals surface area contributed by atoms with Crippen LogP contribution >= 0.6 is 39.1 Å². The van der Waals surface area contributed by atoms with Crippen LogP contribution < -0.4 is 10.1 Å². The van der Waals surface area contributed by atoms with Crippen LogP contribution in [0.5, 0.6) is 5.75 Å². The summed E-state index contributed by atoms with van der Waals surface area (Å²) in [4.78, 5) is 27.6. The maximum Gasteiger partial charge on any atom is 0.261 e. The minimum Gasteiger partial charge on any atom is -0.484 e. The van der Waals surface area contributed by atoms with E-state index in [0.717, 1.165) is 22.0 Å². The first-order valence-corrected chi connectivity index (χ1v) is 12.1. The van der Waals surface area contributed by atoms with E-state index in [4.69, 9.17) is 27.9 Å². The lowest BCUT2D eigenvalue weighted by molar-refractivity contribution is -0.143. The molecule has 0 unspecified atom stereocenters. The number of carbonyl (C=O) groups is 2. The fourth-order valence-corrected chi connectivity index (χ4v) is 4.03. The van der Waals surface area contributed by atoms with Crippen molar-refractivity contribution >= 4 is 50.9 Å². The van der Waals surface area contributed by atoms with Gasteiger partial charge in [-0.1, -0.05) is 59.0 Å². The smallest absolute Gasteiger partial charge is 0.261 e. The van der Waals surface area contributed by atoms with Crippen molar-refractivity contribution in [3.63, 3.8) is 0 Å². The van der Waals surface area contributed by atoms with Crippen molar-refractivity contribution in [2.45, 2.75) is 53.1 Å². The maximum atomic E-state index is 13.3. The van der Waals surface area contributed by atoms with Gasteiger partial charge in [-0.15, -0.1) is 0 Å². The van der Waals surface area contributed by atoms with Gasteiger partial charge in [0.05, 0.1) is 0 Å². The third-order valence-corrected chi connectivity index (χ3v) is 6.90. The summed E-state index contributed by atoms with van der Waals surface area (Å²) >= 11 is 15.9. The van der Waals surface area contributed by atoms with E-state index >= 15 is 0 Å². The van der Waals surface area contributed by atoms with Crippen LogP contribution in [0.25, 0.3) is 0 Å². The van der Waals surface area contributed by atoms with Crippen molar-refractivity contribution < 1.29 is 14.3 Å². The lowest BCUT2D eigenvalue weighted by Crippen LogP contribution is -2.50. The van der Waals surface area contributed by atoms with Crippen molar-refractivity contribution in [3.8, 4) is 5.75 Å². The number of rotatable bonds is 10. The summed E-state index contributed by atoms with van der Waals surface area (Å²) in [6, 6.07) is 8.21. The van der Waals surface area contributed by atoms with Gasteiger partial charge in [0.2, 0.25) is 5.91 Å². The molecule has 0 radical (unpaired) electrons. The van der Waals surface area contributed by atoms with Crippen LogP contribution in [0.3, 0.4) is 0 Å². The number of aryl methyl sites for hydroxylation is 2. The number of benzene rings is 2. The molecule has 0 aromatic heterocycles. The van der Waals surface area contributed by atoms with E-state index < -0.39 is 6.04 Å². The summed E-state index contributed by atoms with van der Waals surface area (Å²) < 4.78 is 6.82. The normalized spacial score (nSPS) is 11.7. The number of halogens is 3. The average molecular weight is 544 g/mol. The summed E-state index contributed by atoms with van der Waals surface area (Å²) in [6.07, 6.45) is 1.27. The highest BCUT2D eigenvalue weighted by Crippen LogP contribution is 2.27. The van der Waals surface area contributed by atoms with E-state index in [-0.39, 0.29) is 25.0 Å². The maximum absolute atomic E-state index is 13.3. The molecule has 2 amide bonds. The monoisotopic (exact) mass is 542 g/mol. The van der Waals surface area contributed by atoms with Crippen LogP contribution in [-0.4, -0.2) is 35.9 Å². The Balaban J connectivity index is 2.27. The highest BCUT2D eigenvalue weighted by Gasteiger charge is 2.29. The minimum absolute atomic E-state index is 0.175. The molecule has 2 rings (SSSR count). The van der Waals surface area contributed by atoms with Crippen molar-refractivity contribution in [1.29, 1.82) is 0 Å². The van der Waals surface area contributed by atoms with Crippen molar-refractivity contribution in [2.24, 2.45) is 0 Å². The molecule has 32 heavy (non-hydrogen) atoms. The number of nitrogens with one attached hydrogen (secondary N) is 1. The van der Waals surface area contributed by atoms with Gasteiger partial charge in [0.25, 0.3) is 5.91 Å². The Morgan fingerprint density at radius 2 is 1.78 bits per heavy atom. The molecule has 0 spiro atoms. The van der Waals surface area contributed by atoms with E-state index in [2.05, 4.69) is 21.2 Å². The lowest BCUT2D eigenvalue weighted by Gasteiger charge is -2.31. The summed E-state index contributed by atoms with van der Waals surface area (Å²) in [5.74, 6) is 0.111. The van der Waals surface area contributed by atoms with Gasteiger partial charge < -0.3 is 15.0 Å². The van der Waals surface area contributed by atoms with Crippen LogP contribution in [0, 0.1) is 13.8 Å². The van der Waals surface area contributed by atoms with Crippen LogP contribution in [0.4, 0.5) is 0 Å². The minimum atomic E-state index is -0.641. The SMILES string of the molecule is CCCNC(=O)[C@@H](CC)N(Cc1ccc(Cl)cc1Cl)C(=O)COc1cc(C)c(Br)c(C)c1. The van der Waals surface area contributed by atoms with Gasteiger partial charge in [-0.2, -0.15) is 0 Å². The van der Waals surface area contributed by atoms with Crippen molar-refractivity contribution in [1.82, 2.24) is 10.2 Å². The Morgan fingerprint density at radius 1 is 1.12 bits per heavy atom. The fraction of sp³-hybridized carbons (Fsp3) is 0.417. The summed E-state index contributed by atoms with van der Waals surface area (Å²) in [7, 11) is 0. The number of amides is 2. The molecule has 174 valence electrons. The molecule has 5 nitrogen and oxygen atoms in total. The molecule has 0 bridgehead atoms. The molecule has 2 aromatic rings. The molecule has 0 fully saturated rings. The molecule has 2 aromatic carbocycles. The highest BCUT2D eigenvalue weighted by atomic mass is 79.9. The van der Waals surface area contributed by atoms with Gasteiger partial charge in [-0.3, -0.25) is 9.59 Å². The third kappa shape index (κ3) is 7.12. The van der Waals surface area contributed by atoms with Crippen LogP contribution in [-0.2, 0) is 16.1 Å². The summed E-state index contributed by atoms with van der Waals surface area (Å²) in [6.45, 7) is 8.32. The fourth-order valence-electron chi connectivity index (χ4n) is 3.34. The molecule has 0 aliphatic heterocycles. The van der Waals surface area contributed by atoms with Gasteiger partial charge in [-0.25, -0.2) is 0 Å². The molecule has 0 saturated heterocycles. The van der Waals surface area contributed by atoms with Gasteiger partial charge >= 0.3 is 0 Å². The molecule has 1 atom stereocenters. The average Bonchev–Trinajstić information content (AvgIpc) is 2.75. The zero-order valence-electron chi connectivity index (χ0n) is 18.8. The highest BCUT2D eigenvalue weighted by molar-refractivity contribution is 9.10. The Labute approximate surface area is 208 Å². The van der Waals surface area contributed by atoms with Crippen LogP contribution in [0.1, 0.15) is 43.4 Å². The van der Waals surface area contributed by atoms with Crippen LogP contribution in [0.2, 0.25) is 10.0 Å². The first kappa shape index (κ1) is 26.5. The lowest BCUT2D eigenvalue weighted by atomic mass is 10.1. The molecule has 8 heteroatoms. The van der Waals surface area contributed by atoms with Crippen LogP contribution in [0.15, 0.2) is 34.8 Å². The molecule has 0 aliphatic rings. The third-order valence-electron chi connectivity index (χ3n) is 5.06. The second-order valence-electron chi connectivity index (χ2n) is 7.63. The first-order chi connectivity index (χ1) is 15.2. The van der Waals surface area contributed by atoms with E-state index in [1.54, 1.807) is 18.2 Å². The molecule has 0 aliphatic carbocycles. The van der Waals surface area contributed by atoms with Gasteiger partial charge in [0, 0.05) is 27.6 Å². The molecule has 0 saturated carbocycles. The molecule has 0 heterocycles. The zero-order chi connectivity index (χ0) is 23.8. The van der Waals surface area contributed by atoms with E-state index in [1.807, 2.05) is 39.8 Å². The molecular formula is C24H29BrCl2N2O3. The van der Waals surface area contributed by atoms with Crippen molar-refractivity contribution in [3.05, 3.63) is 61.5 Å². The van der Waals surface area contributed by atoms with E-state index in [0.29, 0.717) is 34.3 Å². The van der Waals surface area contributed by atoms with E-state index in [1.165, 1.54) is 4.90 Å². The summed E-state index contributed by atoms with van der Waals surface area (Å²) in [5, 5.41) is 3.84. The van der Waals surface area contributed by atoms with E-state index in [9.17, 15) is 9.59 Å². The Hall–Kier alpha value is -1.76. The number of carbonyl (C=O) groups excluding carboxylic acids is 2. The second-order valence-corrected chi connectivity index (χ2v) is 9.27. The summed E-state index contributed by atoms with van der Waals surface area (Å²) in [5.41, 5.74) is 2.74.